The van der Waals surface area contributed by atoms with Crippen LogP contribution in [-0.2, 0) is 37.2 Å². The Hall–Kier alpha value is -1.57. The molecule has 0 radical (unpaired) electrons. The Labute approximate surface area is 450 Å². The van der Waals surface area contributed by atoms with Crippen LogP contribution in [0.4, 0.5) is 176 Å². The van der Waals surface area contributed by atoms with Crippen LogP contribution < -0.4 is 5.90 Å². The molecule has 0 amide bonds. The molecule has 1 saturated heterocycles. The molecule has 0 bridgehead atoms. The van der Waals surface area contributed by atoms with Crippen molar-refractivity contribution in [3.63, 3.8) is 0 Å². The largest absolute Gasteiger partial charge is 0.491 e. The molecule has 11 nitrogen and oxygen atoms in total. The molecule has 4 N–H and O–H groups in total. The Morgan fingerprint density at radius 2 is 0.548 bits per heavy atom. The molecule has 1 rings (SSSR count). The van der Waals surface area contributed by atoms with Crippen molar-refractivity contribution in [2.75, 3.05) is 23.0 Å². The Morgan fingerprint density at radius 3 is 0.714 bits per heavy atom. The second kappa shape index (κ2) is 27.1. The van der Waals surface area contributed by atoms with Crippen molar-refractivity contribution in [1.82, 2.24) is 0 Å². The van der Waals surface area contributed by atoms with Crippen molar-refractivity contribution < 1.29 is 223 Å². The number of phosphoric ester groups is 1. The second-order valence-electron chi connectivity index (χ2n) is 14.6. The van der Waals surface area contributed by atoms with Gasteiger partial charge in [0.05, 0.1) is 12.2 Å². The molecule has 0 spiro atoms. The maximum Gasteiger partial charge on any atom is 0.491 e. The summed E-state index contributed by atoms with van der Waals surface area (Å²) in [6.45, 7) is 0. The molecule has 1 aliphatic heterocycles. The molecule has 1 heterocycles. The zero-order chi connectivity index (χ0) is 67.7. The lowest BCUT2D eigenvalue weighted by atomic mass is 10.3. The fraction of sp³-hybridized carbons (Fsp3) is 1.00. The minimum Gasteiger partial charge on any atom is -0.390 e. The van der Waals surface area contributed by atoms with Crippen molar-refractivity contribution in [1.29, 1.82) is 0 Å². The minimum absolute atomic E-state index is 1.39. The molecular formula is C28H20F40NO10PS4. The van der Waals surface area contributed by atoms with E-state index >= 15 is 0 Å². The molecular weight excluding hydrogens is 1430 g/mol. The molecule has 0 saturated carbocycles. The number of phosphoric acid groups is 1. The smallest absolute Gasteiger partial charge is 0.390 e. The van der Waals surface area contributed by atoms with Gasteiger partial charge in [-0.2, -0.15) is 158 Å². The summed E-state index contributed by atoms with van der Waals surface area (Å²) in [5, 5.41) is -3.50. The number of hydrogen-bond acceptors (Lipinski definition) is 15. The fourth-order valence-electron chi connectivity index (χ4n) is 3.83. The third-order valence-corrected chi connectivity index (χ3v) is 13.8. The molecule has 56 heteroatoms. The van der Waals surface area contributed by atoms with Crippen LogP contribution in [0, 0.1) is 0 Å². The van der Waals surface area contributed by atoms with E-state index in [0.29, 0.717) is 0 Å². The quantitative estimate of drug-likeness (QED) is 0.0356. The highest BCUT2D eigenvalue weighted by Crippen LogP contribution is 2.59. The lowest BCUT2D eigenvalue weighted by Crippen LogP contribution is -2.55. The van der Waals surface area contributed by atoms with Crippen LogP contribution in [0.5, 0.6) is 0 Å². The number of thioether (sulfide) groups is 4. The van der Waals surface area contributed by atoms with Gasteiger partial charge >= 0.3 is 102 Å². The molecule has 506 valence electrons. The Morgan fingerprint density at radius 1 is 0.369 bits per heavy atom. The van der Waals surface area contributed by atoms with Gasteiger partial charge in [0.1, 0.15) is 12.2 Å². The van der Waals surface area contributed by atoms with E-state index in [4.69, 9.17) is 0 Å². The number of aliphatic hydroxyl groups excluding tert-OH is 2. The first kappa shape index (κ1) is 82.4. The van der Waals surface area contributed by atoms with Gasteiger partial charge in [-0.05, 0) is 0 Å². The topological polar surface area (TPSA) is 148 Å². The molecule has 1 aliphatic rings. The first-order valence-electron chi connectivity index (χ1n) is 18.8. The highest BCUT2D eigenvalue weighted by molar-refractivity contribution is 8.01. The molecule has 8 atom stereocenters. The summed E-state index contributed by atoms with van der Waals surface area (Å²) in [6.07, 6.45) is -87.0. The minimum atomic E-state index is -7.23. The van der Waals surface area contributed by atoms with E-state index in [-0.39, 0.29) is 0 Å². The first-order valence-corrected chi connectivity index (χ1v) is 24.2. The van der Waals surface area contributed by atoms with Crippen molar-refractivity contribution in [2.45, 2.75) is 144 Å². The van der Waals surface area contributed by atoms with E-state index in [1.807, 2.05) is 0 Å². The van der Waals surface area contributed by atoms with Crippen molar-refractivity contribution in [3.05, 3.63) is 0 Å². The van der Waals surface area contributed by atoms with Crippen LogP contribution in [0.2, 0.25) is 0 Å². The summed E-state index contributed by atoms with van der Waals surface area (Å²) in [4.78, 5) is 0. The van der Waals surface area contributed by atoms with Gasteiger partial charge in [-0.15, -0.1) is 0 Å². The van der Waals surface area contributed by atoms with E-state index in [1.165, 1.54) is 0 Å². The average molecular weight is 1450 g/mol. The lowest BCUT2D eigenvalue weighted by molar-refractivity contribution is -0.446. The summed E-state index contributed by atoms with van der Waals surface area (Å²) in [5.41, 5.74) is 0. The predicted octanol–water partition coefficient (Wildman–Crippen LogP) is 14.2. The Balaban J connectivity index is 0.00000165. The van der Waals surface area contributed by atoms with Gasteiger partial charge < -0.3 is 10.2 Å². The van der Waals surface area contributed by atoms with Gasteiger partial charge in [0.2, 0.25) is 0 Å². The second-order valence-corrected chi connectivity index (χ2v) is 20.7. The van der Waals surface area contributed by atoms with Crippen LogP contribution in [0.1, 0.15) is 0 Å². The van der Waals surface area contributed by atoms with Crippen LogP contribution in [0.25, 0.3) is 0 Å². The van der Waals surface area contributed by atoms with Crippen LogP contribution in [-0.4, -0.2) is 177 Å². The summed E-state index contributed by atoms with van der Waals surface area (Å²) >= 11 is -5.68. The SMILES string of the molecule is NOP1(=O)OC(CSC(F)(F)C(F)OC(F)(F)C(F)(F)C(F)(F)F)C(CSC(F)(F)C(F)OC(F)(F)C(F)(F)C(F)(F)F)O1.OC(CSC(F)(F)C(F)OC(F)(F)C(F)(F)C(F)(F)F)C(O)CSC(F)(F)C(F)OC(F)(F)C(F)(F)C(F)(F)F. The fourth-order valence-corrected chi connectivity index (χ4v) is 8.55. The molecule has 8 unspecified atom stereocenters. The van der Waals surface area contributed by atoms with Gasteiger partial charge in [-0.3, -0.25) is 28.0 Å². The third-order valence-electron chi connectivity index (χ3n) is 8.24. The molecule has 0 aromatic rings. The van der Waals surface area contributed by atoms with E-state index in [2.05, 4.69) is 38.5 Å². The average Bonchev–Trinajstić information content (AvgIpc) is 3.62. The lowest BCUT2D eigenvalue weighted by Gasteiger charge is -2.31. The first-order chi connectivity index (χ1) is 36.5. The van der Waals surface area contributed by atoms with Crippen molar-refractivity contribution >= 4 is 54.9 Å². The van der Waals surface area contributed by atoms with Crippen molar-refractivity contribution in [2.24, 2.45) is 5.90 Å². The van der Waals surface area contributed by atoms with E-state index in [0.717, 1.165) is 0 Å². The Kier molecular flexibility index (Phi) is 26.6. The standard InChI is InChI=1S/C14H10F20NO6PS2.C14H10F20O4S2/c15-5(37-13(31,32)9(21,22)11(25,26)27)7(17,18)43-1-3-4(40-42(36,39-3)41-35)2-44-8(19,20)6(16)38-14(33,34)10(23,24)12(28,29)30;15-5(37-13(31,32)9(21,22)11(25,26)27)7(17,18)39-1-3(35)4(36)2-40-8(19,20)6(16)38-14(33,34)10(23,24)12(28,29)30/h3-6H,1-2,35H2;3-6,35-36H,1-2H2. The molecule has 0 aromatic heterocycles. The summed E-state index contributed by atoms with van der Waals surface area (Å²) in [5.74, 6) is -31.7. The van der Waals surface area contributed by atoms with Gasteiger partial charge in [-0.25, -0.2) is 32.6 Å². The summed E-state index contributed by atoms with van der Waals surface area (Å²) in [6, 6.07) is 0. The number of nitrogens with two attached hydrogens (primary N) is 1. The van der Waals surface area contributed by atoms with Crippen LogP contribution in [0.15, 0.2) is 0 Å². The zero-order valence-corrected chi connectivity index (χ0v) is 41.5. The maximum atomic E-state index is 13.9. The monoisotopic (exact) mass is 1450 g/mol. The highest BCUT2D eigenvalue weighted by atomic mass is 32.2. The number of alkyl halides is 40. The summed E-state index contributed by atoms with van der Waals surface area (Å²) in [7, 11) is -5.20. The normalized spacial score (nSPS) is 21.8. The molecule has 84 heavy (non-hydrogen) atoms. The number of rotatable bonds is 30. The predicted molar refractivity (Wildman–Crippen MR) is 192 cm³/mol. The zero-order valence-electron chi connectivity index (χ0n) is 37.4. The number of aliphatic hydroxyl groups is 2. The molecule has 0 aromatic carbocycles. The van der Waals surface area contributed by atoms with Crippen LogP contribution >= 0.6 is 54.9 Å². The van der Waals surface area contributed by atoms with E-state index in [1.54, 1.807) is 0 Å². The van der Waals surface area contributed by atoms with E-state index in [9.17, 15) is 190 Å². The van der Waals surface area contributed by atoms with Gasteiger partial charge in [0.15, 0.2) is 0 Å². The Bertz CT molecular complexity index is 2000. The number of halogens is 40. The number of ether oxygens (including phenoxy) is 4. The van der Waals surface area contributed by atoms with Gasteiger partial charge in [-0.1, -0.05) is 47.0 Å². The highest BCUT2D eigenvalue weighted by Gasteiger charge is 2.79. The van der Waals surface area contributed by atoms with E-state index < -0.39 is 222 Å². The molecule has 0 aliphatic carbocycles. The molecule has 1 fully saturated rings. The van der Waals surface area contributed by atoms with Gasteiger partial charge in [0, 0.05) is 23.0 Å². The van der Waals surface area contributed by atoms with Crippen molar-refractivity contribution in [3.8, 4) is 0 Å². The maximum absolute atomic E-state index is 13.9. The van der Waals surface area contributed by atoms with Gasteiger partial charge in [0.25, 0.3) is 25.4 Å². The third kappa shape index (κ3) is 20.0. The number of hydrogen-bond donors (Lipinski definition) is 3. The van der Waals surface area contributed by atoms with Crippen LogP contribution in [0.3, 0.4) is 0 Å². The summed E-state index contributed by atoms with van der Waals surface area (Å²) < 4.78 is 545.